The Morgan fingerprint density at radius 2 is 1.79 bits per heavy atom. The molecular formula is C22H17N3O2S2. The van der Waals surface area contributed by atoms with Crippen LogP contribution in [-0.2, 0) is 4.79 Å². The Kier molecular flexibility index (Phi) is 5.05. The van der Waals surface area contributed by atoms with Gasteiger partial charge in [0.05, 0.1) is 28.1 Å². The summed E-state index contributed by atoms with van der Waals surface area (Å²) in [6.45, 7) is 1.94. The number of nitriles is 1. The lowest BCUT2D eigenvalue weighted by atomic mass is 9.78. The number of nitrogens with zero attached hydrogens (tertiary/aromatic N) is 2. The van der Waals surface area contributed by atoms with Crippen LogP contribution in [0.3, 0.4) is 0 Å². The molecule has 2 atom stereocenters. The zero-order chi connectivity index (χ0) is 20.5. The predicted octanol–water partition coefficient (Wildman–Crippen LogP) is 4.44. The molecule has 1 aliphatic heterocycles. The van der Waals surface area contributed by atoms with Crippen LogP contribution < -0.4 is 10.6 Å². The van der Waals surface area contributed by atoms with Gasteiger partial charge < -0.3 is 5.73 Å². The first-order valence-corrected chi connectivity index (χ1v) is 10.7. The summed E-state index contributed by atoms with van der Waals surface area (Å²) < 4.78 is 0. The monoisotopic (exact) mass is 419 g/mol. The molecule has 0 fully saturated rings. The normalized spacial score (nSPS) is 19.3. The first-order chi connectivity index (χ1) is 14.0. The maximum absolute atomic E-state index is 13.6. The average Bonchev–Trinajstić information content (AvgIpc) is 3.43. The van der Waals surface area contributed by atoms with Crippen molar-refractivity contribution in [2.75, 3.05) is 4.90 Å². The summed E-state index contributed by atoms with van der Waals surface area (Å²) in [6.07, 6.45) is 0. The van der Waals surface area contributed by atoms with Gasteiger partial charge in [0.1, 0.15) is 11.7 Å². The number of rotatable bonds is 4. The second-order valence-electron chi connectivity index (χ2n) is 6.73. The minimum absolute atomic E-state index is 0.0787. The van der Waals surface area contributed by atoms with Gasteiger partial charge >= 0.3 is 0 Å². The van der Waals surface area contributed by atoms with Gasteiger partial charge in [-0.3, -0.25) is 14.5 Å². The summed E-state index contributed by atoms with van der Waals surface area (Å²) in [4.78, 5) is 29.6. The fraction of sp³-hybridized carbons (Fsp3) is 0.136. The first-order valence-electron chi connectivity index (χ1n) is 8.94. The fourth-order valence-corrected chi connectivity index (χ4v) is 5.12. The van der Waals surface area contributed by atoms with Gasteiger partial charge in [0.15, 0.2) is 5.78 Å². The van der Waals surface area contributed by atoms with Crippen LogP contribution in [0.25, 0.3) is 0 Å². The quantitative estimate of drug-likeness (QED) is 0.500. The minimum Gasteiger partial charge on any atom is -0.384 e. The molecule has 4 rings (SSSR count). The van der Waals surface area contributed by atoms with Crippen molar-refractivity contribution in [3.05, 3.63) is 86.0 Å². The average molecular weight is 420 g/mol. The standard InChI is InChI=1S/C22H17N3O2S2/c1-13-6-8-14(9-7-13)25-21(24)15(12-23)18(16-4-2-10-28-16)19(22(25)27)20(26)17-5-3-11-29-17/h2-11,18-19H,24H2,1H3. The summed E-state index contributed by atoms with van der Waals surface area (Å²) in [5.41, 5.74) is 8.14. The largest absolute Gasteiger partial charge is 0.384 e. The van der Waals surface area contributed by atoms with E-state index in [0.717, 1.165) is 10.4 Å². The lowest BCUT2D eigenvalue weighted by Gasteiger charge is -2.36. The Hall–Kier alpha value is -3.21. The molecule has 1 amide bonds. The highest BCUT2D eigenvalue weighted by molar-refractivity contribution is 7.12. The first kappa shape index (κ1) is 19.1. The van der Waals surface area contributed by atoms with Crippen molar-refractivity contribution in [2.45, 2.75) is 12.8 Å². The van der Waals surface area contributed by atoms with Gasteiger partial charge in [-0.25, -0.2) is 0 Å². The molecule has 0 saturated heterocycles. The van der Waals surface area contributed by atoms with E-state index in [0.29, 0.717) is 10.6 Å². The van der Waals surface area contributed by atoms with Crippen LogP contribution >= 0.6 is 22.7 Å². The third-order valence-electron chi connectivity index (χ3n) is 4.96. The van der Waals surface area contributed by atoms with E-state index in [4.69, 9.17) is 5.73 Å². The van der Waals surface area contributed by atoms with Crippen LogP contribution in [0.15, 0.2) is 70.7 Å². The topological polar surface area (TPSA) is 87.2 Å². The number of nitrogens with two attached hydrogens (primary N) is 1. The highest BCUT2D eigenvalue weighted by Crippen LogP contribution is 2.43. The molecule has 3 heterocycles. The van der Waals surface area contributed by atoms with Crippen molar-refractivity contribution in [1.82, 2.24) is 0 Å². The van der Waals surface area contributed by atoms with Crippen LogP contribution in [0.4, 0.5) is 5.69 Å². The van der Waals surface area contributed by atoms with E-state index in [1.807, 2.05) is 36.6 Å². The van der Waals surface area contributed by atoms with Crippen LogP contribution in [-0.4, -0.2) is 11.7 Å². The third-order valence-corrected chi connectivity index (χ3v) is 6.80. The summed E-state index contributed by atoms with van der Waals surface area (Å²) in [5.74, 6) is -2.36. The second kappa shape index (κ2) is 7.66. The zero-order valence-electron chi connectivity index (χ0n) is 15.5. The van der Waals surface area contributed by atoms with E-state index in [2.05, 4.69) is 6.07 Å². The molecule has 0 spiro atoms. The van der Waals surface area contributed by atoms with E-state index in [1.165, 1.54) is 27.6 Å². The Labute approximate surface area is 176 Å². The van der Waals surface area contributed by atoms with E-state index in [1.54, 1.807) is 29.6 Å². The van der Waals surface area contributed by atoms with E-state index in [9.17, 15) is 14.9 Å². The highest BCUT2D eigenvalue weighted by atomic mass is 32.1. The van der Waals surface area contributed by atoms with Crippen LogP contribution in [0.2, 0.25) is 0 Å². The van der Waals surface area contributed by atoms with Crippen LogP contribution in [0.1, 0.15) is 26.0 Å². The van der Waals surface area contributed by atoms with Gasteiger partial charge in [0.2, 0.25) is 5.91 Å². The number of amides is 1. The lowest BCUT2D eigenvalue weighted by Crippen LogP contribution is -2.49. The highest BCUT2D eigenvalue weighted by Gasteiger charge is 2.47. The van der Waals surface area contributed by atoms with Gasteiger partial charge in [-0.15, -0.1) is 22.7 Å². The molecule has 2 unspecified atom stereocenters. The molecule has 1 aliphatic rings. The van der Waals surface area contributed by atoms with Crippen LogP contribution in [0.5, 0.6) is 0 Å². The number of carbonyl (C=O) groups is 2. The second-order valence-corrected chi connectivity index (χ2v) is 8.66. The smallest absolute Gasteiger partial charge is 0.244 e. The molecular weight excluding hydrogens is 402 g/mol. The van der Waals surface area contributed by atoms with Gasteiger partial charge in [-0.1, -0.05) is 29.8 Å². The molecule has 0 bridgehead atoms. The number of hydrogen-bond acceptors (Lipinski definition) is 6. The van der Waals surface area contributed by atoms with Gasteiger partial charge in [0.25, 0.3) is 0 Å². The molecule has 3 aromatic rings. The summed E-state index contributed by atoms with van der Waals surface area (Å²) in [7, 11) is 0. The number of hydrogen-bond donors (Lipinski definition) is 1. The number of thiophene rings is 2. The number of aryl methyl sites for hydroxylation is 1. The van der Waals surface area contributed by atoms with Gasteiger partial charge in [0, 0.05) is 4.88 Å². The van der Waals surface area contributed by atoms with Gasteiger partial charge in [-0.05, 0) is 41.9 Å². The number of anilines is 1. The van der Waals surface area contributed by atoms with Crippen molar-refractivity contribution in [3.8, 4) is 6.07 Å². The maximum atomic E-state index is 13.6. The van der Waals surface area contributed by atoms with Crippen molar-refractivity contribution in [3.63, 3.8) is 0 Å². The third kappa shape index (κ3) is 3.27. The Balaban J connectivity index is 1.92. The van der Waals surface area contributed by atoms with Crippen molar-refractivity contribution in [1.29, 1.82) is 5.26 Å². The molecule has 0 saturated carbocycles. The molecule has 5 nitrogen and oxygen atoms in total. The number of Topliss-reactive ketones (excluding diaryl/α,β-unsaturated/α-hetero) is 1. The molecule has 1 aromatic carbocycles. The summed E-state index contributed by atoms with van der Waals surface area (Å²) >= 11 is 2.70. The maximum Gasteiger partial charge on any atom is 0.244 e. The van der Waals surface area contributed by atoms with Gasteiger partial charge in [-0.2, -0.15) is 5.26 Å². The van der Waals surface area contributed by atoms with Crippen molar-refractivity contribution < 1.29 is 9.59 Å². The fourth-order valence-electron chi connectivity index (χ4n) is 3.54. The Morgan fingerprint density at radius 3 is 2.38 bits per heavy atom. The predicted molar refractivity (Wildman–Crippen MR) is 115 cm³/mol. The van der Waals surface area contributed by atoms with Crippen molar-refractivity contribution in [2.24, 2.45) is 11.7 Å². The Morgan fingerprint density at radius 1 is 1.10 bits per heavy atom. The number of ketones is 1. The molecule has 2 N–H and O–H groups in total. The zero-order valence-corrected chi connectivity index (χ0v) is 17.2. The lowest BCUT2D eigenvalue weighted by molar-refractivity contribution is -0.121. The Bertz CT molecular complexity index is 1120. The molecule has 0 aliphatic carbocycles. The van der Waals surface area contributed by atoms with E-state index < -0.39 is 17.7 Å². The summed E-state index contributed by atoms with van der Waals surface area (Å²) in [6, 6.07) is 16.6. The number of allylic oxidation sites excluding steroid dienone is 1. The van der Waals surface area contributed by atoms with Crippen LogP contribution in [0, 0.1) is 24.2 Å². The molecule has 2 aromatic heterocycles. The van der Waals surface area contributed by atoms with Crippen molar-refractivity contribution >= 4 is 40.1 Å². The van der Waals surface area contributed by atoms with E-state index in [-0.39, 0.29) is 17.2 Å². The molecule has 29 heavy (non-hydrogen) atoms. The SMILES string of the molecule is Cc1ccc(N2C(=O)C(C(=O)c3cccs3)C(c3cccs3)C(C#N)=C2N)cc1. The molecule has 144 valence electrons. The van der Waals surface area contributed by atoms with E-state index >= 15 is 0 Å². The summed E-state index contributed by atoms with van der Waals surface area (Å²) in [5, 5.41) is 13.6. The number of carbonyl (C=O) groups excluding carboxylic acids is 2. The number of benzene rings is 1. The molecule has 7 heteroatoms. The minimum atomic E-state index is -1.05. The molecule has 0 radical (unpaired) electrons.